The van der Waals surface area contributed by atoms with Crippen LogP contribution in [0.3, 0.4) is 0 Å². The van der Waals surface area contributed by atoms with Gasteiger partial charge in [0.25, 0.3) is 0 Å². The van der Waals surface area contributed by atoms with Gasteiger partial charge in [-0.2, -0.15) is 0 Å². The molecule has 0 aliphatic rings. The van der Waals surface area contributed by atoms with Gasteiger partial charge in [-0.15, -0.1) is 12.3 Å². The lowest BCUT2D eigenvalue weighted by atomic mass is 10.1. The number of carbonyl (C=O) groups excluding carboxylic acids is 1. The molecule has 0 rings (SSSR count). The van der Waals surface area contributed by atoms with Crippen molar-refractivity contribution in [2.75, 3.05) is 0 Å². The van der Waals surface area contributed by atoms with Gasteiger partial charge in [0, 0.05) is 6.42 Å². The monoisotopic (exact) mass is 183 g/mol. The van der Waals surface area contributed by atoms with E-state index < -0.39 is 11.6 Å². The molecule has 0 saturated carbocycles. The van der Waals surface area contributed by atoms with E-state index in [9.17, 15) is 4.79 Å². The van der Waals surface area contributed by atoms with Gasteiger partial charge in [0.1, 0.15) is 11.6 Å². The summed E-state index contributed by atoms with van der Waals surface area (Å²) >= 11 is 0. The van der Waals surface area contributed by atoms with Gasteiger partial charge in [-0.1, -0.05) is 0 Å². The Morgan fingerprint density at radius 3 is 2.54 bits per heavy atom. The van der Waals surface area contributed by atoms with Crippen LogP contribution in [0.1, 0.15) is 33.6 Å². The van der Waals surface area contributed by atoms with E-state index in [2.05, 4.69) is 5.92 Å². The molecular formula is C10H17NO2. The molecule has 1 atom stereocenters. The van der Waals surface area contributed by atoms with Gasteiger partial charge in [0.15, 0.2) is 0 Å². The Kier molecular flexibility index (Phi) is 4.50. The highest BCUT2D eigenvalue weighted by Crippen LogP contribution is 2.09. The van der Waals surface area contributed by atoms with Crippen molar-refractivity contribution in [3.63, 3.8) is 0 Å². The van der Waals surface area contributed by atoms with Crippen molar-refractivity contribution < 1.29 is 9.53 Å². The Hall–Kier alpha value is -1.01. The first kappa shape index (κ1) is 12.0. The summed E-state index contributed by atoms with van der Waals surface area (Å²) in [6, 6.07) is -0.602. The number of esters is 1. The number of carbonyl (C=O) groups is 1. The van der Waals surface area contributed by atoms with Crippen LogP contribution in [0.2, 0.25) is 0 Å². The Morgan fingerprint density at radius 2 is 2.15 bits per heavy atom. The normalized spacial score (nSPS) is 13.2. The van der Waals surface area contributed by atoms with Gasteiger partial charge in [-0.3, -0.25) is 4.79 Å². The number of hydrogen-bond donors (Lipinski definition) is 1. The summed E-state index contributed by atoms with van der Waals surface area (Å²) in [5, 5.41) is 0. The van der Waals surface area contributed by atoms with Crippen LogP contribution in [0, 0.1) is 12.3 Å². The third-order valence-electron chi connectivity index (χ3n) is 1.31. The second kappa shape index (κ2) is 4.88. The highest BCUT2D eigenvalue weighted by molar-refractivity contribution is 5.75. The van der Waals surface area contributed by atoms with E-state index >= 15 is 0 Å². The van der Waals surface area contributed by atoms with Crippen LogP contribution < -0.4 is 5.73 Å². The van der Waals surface area contributed by atoms with Crippen molar-refractivity contribution >= 4 is 5.97 Å². The second-order valence-corrected chi connectivity index (χ2v) is 3.88. The maximum atomic E-state index is 11.2. The Morgan fingerprint density at radius 1 is 1.62 bits per heavy atom. The molecule has 0 fully saturated rings. The number of terminal acetylenes is 1. The molecule has 74 valence electrons. The molecule has 0 aliphatic carbocycles. The minimum atomic E-state index is -0.602. The van der Waals surface area contributed by atoms with Gasteiger partial charge in [0.2, 0.25) is 0 Å². The zero-order valence-electron chi connectivity index (χ0n) is 8.46. The first-order valence-electron chi connectivity index (χ1n) is 4.28. The fourth-order valence-corrected chi connectivity index (χ4v) is 0.734. The van der Waals surface area contributed by atoms with Crippen LogP contribution in [0.5, 0.6) is 0 Å². The lowest BCUT2D eigenvalue weighted by Gasteiger charge is -2.21. The molecule has 2 N–H and O–H groups in total. The summed E-state index contributed by atoms with van der Waals surface area (Å²) in [6.45, 7) is 5.41. The van der Waals surface area contributed by atoms with E-state index in [0.29, 0.717) is 12.8 Å². The summed E-state index contributed by atoms with van der Waals surface area (Å²) in [5.41, 5.74) is 5.06. The molecule has 0 aromatic rings. The van der Waals surface area contributed by atoms with E-state index in [1.54, 1.807) is 20.8 Å². The van der Waals surface area contributed by atoms with Gasteiger partial charge in [0.05, 0.1) is 0 Å². The molecule has 0 aromatic heterocycles. The Balaban J connectivity index is 3.91. The summed E-state index contributed by atoms with van der Waals surface area (Å²) in [7, 11) is 0. The SMILES string of the molecule is C#CCC[C@H](N)C(=O)OC(C)(C)C. The Bertz CT molecular complexity index is 210. The lowest BCUT2D eigenvalue weighted by molar-refractivity contribution is -0.156. The Labute approximate surface area is 79.6 Å². The minimum absolute atomic E-state index is 0.386. The zero-order chi connectivity index (χ0) is 10.5. The summed E-state index contributed by atoms with van der Waals surface area (Å²) in [4.78, 5) is 11.2. The maximum absolute atomic E-state index is 11.2. The van der Waals surface area contributed by atoms with Crippen LogP contribution in [0.25, 0.3) is 0 Å². The van der Waals surface area contributed by atoms with Crippen molar-refractivity contribution in [2.24, 2.45) is 5.73 Å². The van der Waals surface area contributed by atoms with Crippen molar-refractivity contribution in [2.45, 2.75) is 45.3 Å². The average molecular weight is 183 g/mol. The van der Waals surface area contributed by atoms with E-state index in [1.807, 2.05) is 0 Å². The number of hydrogen-bond acceptors (Lipinski definition) is 3. The van der Waals surface area contributed by atoms with Crippen LogP contribution in [0.15, 0.2) is 0 Å². The fourth-order valence-electron chi connectivity index (χ4n) is 0.734. The molecule has 3 heteroatoms. The van der Waals surface area contributed by atoms with Crippen LogP contribution in [0.4, 0.5) is 0 Å². The van der Waals surface area contributed by atoms with Crippen LogP contribution >= 0.6 is 0 Å². The first-order chi connectivity index (χ1) is 5.87. The van der Waals surface area contributed by atoms with Gasteiger partial charge in [-0.25, -0.2) is 0 Å². The zero-order valence-corrected chi connectivity index (χ0v) is 8.46. The van der Waals surface area contributed by atoms with Crippen LogP contribution in [-0.2, 0) is 9.53 Å². The lowest BCUT2D eigenvalue weighted by Crippen LogP contribution is -2.37. The van der Waals surface area contributed by atoms with Gasteiger partial charge < -0.3 is 10.5 Å². The van der Waals surface area contributed by atoms with Crippen molar-refractivity contribution in [1.82, 2.24) is 0 Å². The number of ether oxygens (including phenoxy) is 1. The third-order valence-corrected chi connectivity index (χ3v) is 1.31. The van der Waals surface area contributed by atoms with E-state index in [0.717, 1.165) is 0 Å². The smallest absolute Gasteiger partial charge is 0.323 e. The molecule has 0 unspecified atom stereocenters. The predicted molar refractivity (Wildman–Crippen MR) is 51.9 cm³/mol. The molecule has 0 spiro atoms. The second-order valence-electron chi connectivity index (χ2n) is 3.88. The predicted octanol–water partition coefficient (Wildman–Crippen LogP) is 1.07. The highest BCUT2D eigenvalue weighted by Gasteiger charge is 2.21. The van der Waals surface area contributed by atoms with Crippen LogP contribution in [-0.4, -0.2) is 17.6 Å². The molecule has 0 radical (unpaired) electrons. The molecular weight excluding hydrogens is 166 g/mol. The van der Waals surface area contributed by atoms with Crippen molar-refractivity contribution in [3.8, 4) is 12.3 Å². The molecule has 13 heavy (non-hydrogen) atoms. The number of rotatable bonds is 3. The van der Waals surface area contributed by atoms with E-state index in [-0.39, 0.29) is 5.97 Å². The quantitative estimate of drug-likeness (QED) is 0.526. The molecule has 0 aromatic carbocycles. The standard InChI is InChI=1S/C10H17NO2/c1-5-6-7-8(11)9(12)13-10(2,3)4/h1,8H,6-7,11H2,2-4H3/t8-/m0/s1. The molecule has 0 bridgehead atoms. The number of nitrogens with two attached hydrogens (primary N) is 1. The summed E-state index contributed by atoms with van der Waals surface area (Å²) in [6.07, 6.45) is 6.02. The molecule has 0 saturated heterocycles. The largest absolute Gasteiger partial charge is 0.459 e. The van der Waals surface area contributed by atoms with Gasteiger partial charge in [-0.05, 0) is 27.2 Å². The molecule has 0 aliphatic heterocycles. The summed E-state index contributed by atoms with van der Waals surface area (Å²) < 4.78 is 5.06. The minimum Gasteiger partial charge on any atom is -0.459 e. The molecule has 0 heterocycles. The average Bonchev–Trinajstić information content (AvgIpc) is 1.96. The van der Waals surface area contributed by atoms with E-state index in [4.69, 9.17) is 16.9 Å². The third kappa shape index (κ3) is 6.18. The summed E-state index contributed by atoms with van der Waals surface area (Å²) in [5.74, 6) is 2.04. The highest BCUT2D eigenvalue weighted by atomic mass is 16.6. The fraction of sp³-hybridized carbons (Fsp3) is 0.700. The molecule has 0 amide bonds. The topological polar surface area (TPSA) is 52.3 Å². The van der Waals surface area contributed by atoms with Crippen molar-refractivity contribution in [1.29, 1.82) is 0 Å². The van der Waals surface area contributed by atoms with E-state index in [1.165, 1.54) is 0 Å². The maximum Gasteiger partial charge on any atom is 0.323 e. The van der Waals surface area contributed by atoms with Crippen molar-refractivity contribution in [3.05, 3.63) is 0 Å². The van der Waals surface area contributed by atoms with Gasteiger partial charge >= 0.3 is 5.97 Å². The first-order valence-corrected chi connectivity index (χ1v) is 4.28. The molecule has 3 nitrogen and oxygen atoms in total.